The molecular weight excluding hydrogens is 327 g/mol. The number of aromatic nitrogens is 1. The van der Waals surface area contributed by atoms with Crippen LogP contribution in [0, 0.1) is 0 Å². The molecule has 0 spiro atoms. The summed E-state index contributed by atoms with van der Waals surface area (Å²) in [6, 6.07) is 1.07. The van der Waals surface area contributed by atoms with Gasteiger partial charge in [-0.05, 0) is 22.0 Å². The Kier molecular flexibility index (Phi) is 3.99. The van der Waals surface area contributed by atoms with Gasteiger partial charge in [-0.15, -0.1) is 0 Å². The lowest BCUT2D eigenvalue weighted by Crippen LogP contribution is -2.34. The van der Waals surface area contributed by atoms with Gasteiger partial charge in [-0.25, -0.2) is 18.1 Å². The Labute approximate surface area is 103 Å². The van der Waals surface area contributed by atoms with Crippen molar-refractivity contribution in [3.63, 3.8) is 0 Å². The van der Waals surface area contributed by atoms with Crippen LogP contribution in [-0.4, -0.2) is 26.1 Å². The number of nitrogens with two attached hydrogens (primary N) is 1. The molecule has 10 heteroatoms. The van der Waals surface area contributed by atoms with Crippen molar-refractivity contribution in [3.8, 4) is 0 Å². The van der Waals surface area contributed by atoms with Gasteiger partial charge in [0.2, 0.25) is 10.0 Å². The first-order valence-electron chi connectivity index (χ1n) is 4.09. The fraction of sp³-hybridized carbons (Fsp3) is 0.286. The van der Waals surface area contributed by atoms with E-state index in [0.29, 0.717) is 4.47 Å². The van der Waals surface area contributed by atoms with E-state index in [-0.39, 0.29) is 5.82 Å². The topological polar surface area (TPSA) is 85.1 Å². The SMILES string of the molecule is Nc1ncc(Br)cc1S(=O)(=O)NCC(F)(F)F. The molecule has 0 atom stereocenters. The number of nitrogens with one attached hydrogen (secondary N) is 1. The molecule has 0 radical (unpaired) electrons. The van der Waals surface area contributed by atoms with Gasteiger partial charge in [0, 0.05) is 10.7 Å². The second-order valence-electron chi connectivity index (χ2n) is 2.98. The molecule has 0 bridgehead atoms. The van der Waals surface area contributed by atoms with Crippen LogP contribution in [0.1, 0.15) is 0 Å². The third-order valence-corrected chi connectivity index (χ3v) is 3.46. The molecule has 5 nitrogen and oxygen atoms in total. The number of alkyl halides is 3. The van der Waals surface area contributed by atoms with Crippen molar-refractivity contribution in [3.05, 3.63) is 16.7 Å². The molecule has 1 rings (SSSR count). The first-order chi connectivity index (χ1) is 7.62. The maximum Gasteiger partial charge on any atom is 0.402 e. The summed E-state index contributed by atoms with van der Waals surface area (Å²) in [6.45, 7) is -1.67. The third kappa shape index (κ3) is 4.13. The normalized spacial score (nSPS) is 12.7. The summed E-state index contributed by atoms with van der Waals surface area (Å²) in [5.41, 5.74) is 5.28. The predicted octanol–water partition coefficient (Wildman–Crippen LogP) is 1.27. The lowest BCUT2D eigenvalue weighted by molar-refractivity contribution is -0.121. The average molecular weight is 334 g/mol. The van der Waals surface area contributed by atoms with Crippen LogP contribution in [0.15, 0.2) is 21.6 Å². The summed E-state index contributed by atoms with van der Waals surface area (Å²) in [4.78, 5) is 3.02. The number of rotatable bonds is 3. The van der Waals surface area contributed by atoms with Crippen LogP contribution >= 0.6 is 15.9 Å². The second kappa shape index (κ2) is 4.78. The van der Waals surface area contributed by atoms with Gasteiger partial charge in [-0.3, -0.25) is 0 Å². The average Bonchev–Trinajstić information content (AvgIpc) is 2.18. The fourth-order valence-electron chi connectivity index (χ4n) is 0.901. The molecule has 1 heterocycles. The van der Waals surface area contributed by atoms with Crippen molar-refractivity contribution in [1.29, 1.82) is 0 Å². The second-order valence-corrected chi connectivity index (χ2v) is 5.63. The van der Waals surface area contributed by atoms with E-state index in [4.69, 9.17) is 5.73 Å². The molecule has 0 unspecified atom stereocenters. The van der Waals surface area contributed by atoms with Crippen LogP contribution in [-0.2, 0) is 10.0 Å². The molecule has 17 heavy (non-hydrogen) atoms. The van der Waals surface area contributed by atoms with E-state index in [2.05, 4.69) is 20.9 Å². The van der Waals surface area contributed by atoms with Crippen molar-refractivity contribution in [2.45, 2.75) is 11.1 Å². The first kappa shape index (κ1) is 14.2. The fourth-order valence-corrected chi connectivity index (χ4v) is 2.50. The number of nitrogens with zero attached hydrogens (tertiary/aromatic N) is 1. The molecule has 0 aliphatic carbocycles. The van der Waals surface area contributed by atoms with Crippen LogP contribution in [0.5, 0.6) is 0 Å². The lowest BCUT2D eigenvalue weighted by Gasteiger charge is -2.10. The van der Waals surface area contributed by atoms with Gasteiger partial charge in [-0.2, -0.15) is 13.2 Å². The maximum absolute atomic E-state index is 11.9. The van der Waals surface area contributed by atoms with Crippen LogP contribution in [0.25, 0.3) is 0 Å². The zero-order chi connectivity index (χ0) is 13.3. The number of pyridine rings is 1. The summed E-state index contributed by atoms with van der Waals surface area (Å²) in [5.74, 6) is -0.372. The molecule has 0 saturated heterocycles. The Hall–Kier alpha value is -0.870. The number of anilines is 1. The highest BCUT2D eigenvalue weighted by molar-refractivity contribution is 9.10. The van der Waals surface area contributed by atoms with E-state index in [0.717, 1.165) is 6.07 Å². The Bertz CT molecular complexity index is 518. The molecule has 3 N–H and O–H groups in total. The summed E-state index contributed by atoms with van der Waals surface area (Å²) < 4.78 is 60.4. The number of halogens is 4. The van der Waals surface area contributed by atoms with E-state index < -0.39 is 27.6 Å². The van der Waals surface area contributed by atoms with E-state index in [9.17, 15) is 21.6 Å². The third-order valence-electron chi connectivity index (χ3n) is 1.60. The van der Waals surface area contributed by atoms with Gasteiger partial charge < -0.3 is 5.73 Å². The Balaban J connectivity index is 3.02. The minimum atomic E-state index is -4.64. The van der Waals surface area contributed by atoms with Crippen molar-refractivity contribution in [2.24, 2.45) is 0 Å². The molecule has 1 aromatic heterocycles. The number of hydrogen-bond acceptors (Lipinski definition) is 4. The number of nitrogen functional groups attached to an aromatic ring is 1. The van der Waals surface area contributed by atoms with Gasteiger partial charge in [-0.1, -0.05) is 0 Å². The van der Waals surface area contributed by atoms with E-state index in [1.54, 1.807) is 0 Å². The van der Waals surface area contributed by atoms with Crippen LogP contribution < -0.4 is 10.5 Å². The molecule has 0 aromatic carbocycles. The summed E-state index contributed by atoms with van der Waals surface area (Å²) in [6.07, 6.45) is -3.40. The standard InChI is InChI=1S/C7H7BrF3N3O2S/c8-4-1-5(6(12)13-2-4)17(15,16)14-3-7(9,10)11/h1-2,14H,3H2,(H2,12,13). The highest BCUT2D eigenvalue weighted by atomic mass is 79.9. The maximum atomic E-state index is 11.9. The van der Waals surface area contributed by atoms with Crippen molar-refractivity contribution < 1.29 is 21.6 Å². The summed E-state index contributed by atoms with van der Waals surface area (Å²) >= 11 is 2.95. The lowest BCUT2D eigenvalue weighted by atomic mass is 10.5. The van der Waals surface area contributed by atoms with Gasteiger partial charge in [0.05, 0.1) is 0 Å². The van der Waals surface area contributed by atoms with E-state index >= 15 is 0 Å². The molecule has 0 fully saturated rings. The zero-order valence-corrected chi connectivity index (χ0v) is 10.5. The number of hydrogen-bond donors (Lipinski definition) is 2. The van der Waals surface area contributed by atoms with Gasteiger partial charge >= 0.3 is 6.18 Å². The Morgan fingerprint density at radius 1 is 1.47 bits per heavy atom. The van der Waals surface area contributed by atoms with E-state index in [1.807, 2.05) is 0 Å². The molecule has 0 amide bonds. The van der Waals surface area contributed by atoms with Crippen molar-refractivity contribution in [1.82, 2.24) is 9.71 Å². The highest BCUT2D eigenvalue weighted by Gasteiger charge is 2.30. The minimum Gasteiger partial charge on any atom is -0.383 e. The molecule has 0 aliphatic heterocycles. The highest BCUT2D eigenvalue weighted by Crippen LogP contribution is 2.21. The smallest absolute Gasteiger partial charge is 0.383 e. The zero-order valence-electron chi connectivity index (χ0n) is 8.12. The Morgan fingerprint density at radius 2 is 2.06 bits per heavy atom. The van der Waals surface area contributed by atoms with E-state index in [1.165, 1.54) is 10.9 Å². The molecule has 0 aliphatic rings. The number of sulfonamides is 1. The predicted molar refractivity (Wildman–Crippen MR) is 57.6 cm³/mol. The summed E-state index contributed by atoms with van der Waals surface area (Å²) in [5, 5.41) is 0. The molecule has 96 valence electrons. The molecule has 0 saturated carbocycles. The largest absolute Gasteiger partial charge is 0.402 e. The van der Waals surface area contributed by atoms with Crippen molar-refractivity contribution >= 4 is 31.8 Å². The van der Waals surface area contributed by atoms with Crippen molar-refractivity contribution in [2.75, 3.05) is 12.3 Å². The molecule has 1 aromatic rings. The minimum absolute atomic E-state index is 0.291. The quantitative estimate of drug-likeness (QED) is 0.872. The van der Waals surface area contributed by atoms with Gasteiger partial charge in [0.25, 0.3) is 0 Å². The monoisotopic (exact) mass is 333 g/mol. The van der Waals surface area contributed by atoms with Crippen LogP contribution in [0.4, 0.5) is 19.0 Å². The van der Waals surface area contributed by atoms with Gasteiger partial charge in [0.1, 0.15) is 17.3 Å². The van der Waals surface area contributed by atoms with Crippen LogP contribution in [0.3, 0.4) is 0 Å². The molecular formula is C7H7BrF3N3O2S. The van der Waals surface area contributed by atoms with Gasteiger partial charge in [0.15, 0.2) is 0 Å². The Morgan fingerprint density at radius 3 is 2.59 bits per heavy atom. The summed E-state index contributed by atoms with van der Waals surface area (Å²) in [7, 11) is -4.33. The van der Waals surface area contributed by atoms with Crippen LogP contribution in [0.2, 0.25) is 0 Å². The first-order valence-corrected chi connectivity index (χ1v) is 6.37.